The van der Waals surface area contributed by atoms with Crippen molar-refractivity contribution in [2.24, 2.45) is 0 Å². The first-order valence-corrected chi connectivity index (χ1v) is 6.47. The van der Waals surface area contributed by atoms with E-state index in [1.54, 1.807) is 17.4 Å². The Kier molecular flexibility index (Phi) is 3.60. The van der Waals surface area contributed by atoms with E-state index < -0.39 is 0 Å². The third kappa shape index (κ3) is 2.40. The van der Waals surface area contributed by atoms with Gasteiger partial charge in [-0.25, -0.2) is 4.39 Å². The summed E-state index contributed by atoms with van der Waals surface area (Å²) in [7, 11) is 1.94. The standard InChI is InChI=1S/C14H16FNS/c1-9-11(5-4-6-12(9)15)14-8-7-13(17-14)10(2)16-3/h4-8,10,16H,1-3H3. The monoisotopic (exact) mass is 249 g/mol. The summed E-state index contributed by atoms with van der Waals surface area (Å²) in [6, 6.07) is 9.74. The Bertz CT molecular complexity index is 519. The van der Waals surface area contributed by atoms with Crippen molar-refractivity contribution in [2.45, 2.75) is 19.9 Å². The first-order chi connectivity index (χ1) is 8.13. The molecule has 90 valence electrons. The summed E-state index contributed by atoms with van der Waals surface area (Å²) in [6.45, 7) is 3.94. The fraction of sp³-hybridized carbons (Fsp3) is 0.286. The molecule has 0 amide bonds. The lowest BCUT2D eigenvalue weighted by Crippen LogP contribution is -2.10. The molecule has 3 heteroatoms. The van der Waals surface area contributed by atoms with E-state index in [2.05, 4.69) is 24.4 Å². The van der Waals surface area contributed by atoms with Gasteiger partial charge >= 0.3 is 0 Å². The van der Waals surface area contributed by atoms with Crippen LogP contribution in [0.15, 0.2) is 30.3 Å². The lowest BCUT2D eigenvalue weighted by atomic mass is 10.1. The van der Waals surface area contributed by atoms with Gasteiger partial charge in [0.1, 0.15) is 5.82 Å². The van der Waals surface area contributed by atoms with E-state index in [1.165, 1.54) is 10.9 Å². The van der Waals surface area contributed by atoms with Crippen molar-refractivity contribution in [1.29, 1.82) is 0 Å². The third-order valence-corrected chi connectivity index (χ3v) is 4.32. The van der Waals surface area contributed by atoms with Crippen molar-refractivity contribution < 1.29 is 4.39 Å². The maximum Gasteiger partial charge on any atom is 0.126 e. The highest BCUT2D eigenvalue weighted by Gasteiger charge is 2.10. The van der Waals surface area contributed by atoms with Crippen LogP contribution in [0.2, 0.25) is 0 Å². The van der Waals surface area contributed by atoms with E-state index in [0.717, 1.165) is 16.0 Å². The lowest BCUT2D eigenvalue weighted by Gasteiger charge is -2.07. The molecule has 0 aliphatic rings. The van der Waals surface area contributed by atoms with Crippen LogP contribution in [0.25, 0.3) is 10.4 Å². The van der Waals surface area contributed by atoms with E-state index in [0.29, 0.717) is 6.04 Å². The number of hydrogen-bond donors (Lipinski definition) is 1. The number of nitrogens with one attached hydrogen (secondary N) is 1. The maximum atomic E-state index is 13.5. The van der Waals surface area contributed by atoms with Crippen LogP contribution in [0.4, 0.5) is 4.39 Å². The minimum Gasteiger partial charge on any atom is -0.313 e. The summed E-state index contributed by atoms with van der Waals surface area (Å²) >= 11 is 1.71. The van der Waals surface area contributed by atoms with E-state index in [-0.39, 0.29) is 5.82 Å². The molecule has 0 aliphatic carbocycles. The van der Waals surface area contributed by atoms with Crippen molar-refractivity contribution in [3.63, 3.8) is 0 Å². The van der Waals surface area contributed by atoms with Gasteiger partial charge in [0.05, 0.1) is 0 Å². The van der Waals surface area contributed by atoms with Gasteiger partial charge in [0.25, 0.3) is 0 Å². The van der Waals surface area contributed by atoms with Crippen LogP contribution in [0.5, 0.6) is 0 Å². The van der Waals surface area contributed by atoms with E-state index in [1.807, 2.05) is 20.0 Å². The van der Waals surface area contributed by atoms with Crippen molar-refractivity contribution >= 4 is 11.3 Å². The Morgan fingerprint density at radius 3 is 2.71 bits per heavy atom. The predicted octanol–water partition coefficient (Wildman–Crippen LogP) is 4.14. The topological polar surface area (TPSA) is 12.0 Å². The van der Waals surface area contributed by atoms with Crippen LogP contribution >= 0.6 is 11.3 Å². The molecule has 1 N–H and O–H groups in total. The Morgan fingerprint density at radius 1 is 1.24 bits per heavy atom. The molecule has 1 atom stereocenters. The highest BCUT2D eigenvalue weighted by molar-refractivity contribution is 7.15. The second kappa shape index (κ2) is 4.98. The molecule has 0 saturated heterocycles. The molecule has 0 fully saturated rings. The quantitative estimate of drug-likeness (QED) is 0.862. The van der Waals surface area contributed by atoms with Crippen molar-refractivity contribution in [3.05, 3.63) is 46.6 Å². The van der Waals surface area contributed by atoms with Gasteiger partial charge in [-0.2, -0.15) is 0 Å². The molecule has 1 nitrogen and oxygen atoms in total. The van der Waals surface area contributed by atoms with Crippen molar-refractivity contribution in [3.8, 4) is 10.4 Å². The maximum absolute atomic E-state index is 13.5. The van der Waals surface area contributed by atoms with E-state index >= 15 is 0 Å². The number of rotatable bonds is 3. The molecule has 2 aromatic rings. The van der Waals surface area contributed by atoms with Gasteiger partial charge in [0.2, 0.25) is 0 Å². The third-order valence-electron chi connectivity index (χ3n) is 3.02. The first kappa shape index (κ1) is 12.3. The van der Waals surface area contributed by atoms with Gasteiger partial charge < -0.3 is 5.32 Å². The fourth-order valence-electron chi connectivity index (χ4n) is 1.75. The van der Waals surface area contributed by atoms with Crippen molar-refractivity contribution in [2.75, 3.05) is 7.05 Å². The molecule has 1 unspecified atom stereocenters. The molecule has 0 aliphatic heterocycles. The Labute approximate surface area is 105 Å². The molecule has 0 radical (unpaired) electrons. The second-order valence-electron chi connectivity index (χ2n) is 4.12. The van der Waals surface area contributed by atoms with Gasteiger partial charge in [-0.3, -0.25) is 0 Å². The summed E-state index contributed by atoms with van der Waals surface area (Å²) < 4.78 is 13.5. The number of halogens is 1. The molecule has 17 heavy (non-hydrogen) atoms. The molecule has 0 spiro atoms. The molecule has 1 heterocycles. The summed E-state index contributed by atoms with van der Waals surface area (Å²) in [4.78, 5) is 2.39. The first-order valence-electron chi connectivity index (χ1n) is 5.66. The Hall–Kier alpha value is -1.19. The van der Waals surface area contributed by atoms with Crippen LogP contribution in [0, 0.1) is 12.7 Å². The normalized spacial score (nSPS) is 12.7. The second-order valence-corrected chi connectivity index (χ2v) is 5.24. The average Bonchev–Trinajstić information content (AvgIpc) is 2.81. The van der Waals surface area contributed by atoms with Gasteiger partial charge in [0, 0.05) is 15.8 Å². The van der Waals surface area contributed by atoms with Crippen molar-refractivity contribution in [1.82, 2.24) is 5.32 Å². The minimum atomic E-state index is -0.140. The van der Waals surface area contributed by atoms with Crippen LogP contribution in [-0.2, 0) is 0 Å². The molecule has 0 bridgehead atoms. The molecular weight excluding hydrogens is 233 g/mol. The zero-order valence-corrected chi connectivity index (χ0v) is 11.1. The lowest BCUT2D eigenvalue weighted by molar-refractivity contribution is 0.619. The van der Waals surface area contributed by atoms with Gasteiger partial charge in [0.15, 0.2) is 0 Å². The number of benzene rings is 1. The molecule has 1 aromatic carbocycles. The average molecular weight is 249 g/mol. The fourth-order valence-corrected chi connectivity index (χ4v) is 2.90. The van der Waals surface area contributed by atoms with E-state index in [4.69, 9.17) is 0 Å². The summed E-state index contributed by atoms with van der Waals surface area (Å²) in [6.07, 6.45) is 0. The number of hydrogen-bond acceptors (Lipinski definition) is 2. The van der Waals surface area contributed by atoms with Gasteiger partial charge in [-0.1, -0.05) is 12.1 Å². The van der Waals surface area contributed by atoms with E-state index in [9.17, 15) is 4.39 Å². The van der Waals surface area contributed by atoms with Crippen LogP contribution < -0.4 is 5.32 Å². The molecule has 1 aromatic heterocycles. The SMILES string of the molecule is CNC(C)c1ccc(-c2cccc(F)c2C)s1. The Balaban J connectivity index is 2.40. The summed E-state index contributed by atoms with van der Waals surface area (Å²) in [5.74, 6) is -0.140. The Morgan fingerprint density at radius 2 is 2.00 bits per heavy atom. The van der Waals surface area contributed by atoms with Gasteiger partial charge in [-0.05, 0) is 50.2 Å². The van der Waals surface area contributed by atoms with Gasteiger partial charge in [-0.15, -0.1) is 11.3 Å². The number of thiophene rings is 1. The molecular formula is C14H16FNS. The minimum absolute atomic E-state index is 0.140. The summed E-state index contributed by atoms with van der Waals surface area (Å²) in [5, 5.41) is 3.21. The van der Waals surface area contributed by atoms with Crippen LogP contribution in [0.1, 0.15) is 23.4 Å². The summed E-state index contributed by atoms with van der Waals surface area (Å²) in [5.41, 5.74) is 1.71. The zero-order valence-electron chi connectivity index (χ0n) is 10.3. The largest absolute Gasteiger partial charge is 0.313 e. The predicted molar refractivity (Wildman–Crippen MR) is 71.9 cm³/mol. The highest BCUT2D eigenvalue weighted by Crippen LogP contribution is 2.33. The van der Waals surface area contributed by atoms with Crippen LogP contribution in [0.3, 0.4) is 0 Å². The zero-order chi connectivity index (χ0) is 12.4. The molecule has 0 saturated carbocycles. The van der Waals surface area contributed by atoms with Crippen LogP contribution in [-0.4, -0.2) is 7.05 Å². The highest BCUT2D eigenvalue weighted by atomic mass is 32.1. The molecule has 2 rings (SSSR count). The smallest absolute Gasteiger partial charge is 0.126 e.